The largest absolute Gasteiger partial charge is 0.353 e. The molecular formula is C12H23N3O. The fourth-order valence-electron chi connectivity index (χ4n) is 2.68. The predicted molar refractivity (Wildman–Crippen MR) is 64.2 cm³/mol. The van der Waals surface area contributed by atoms with E-state index in [2.05, 4.69) is 29.5 Å². The maximum Gasteiger partial charge on any atom is 0.224 e. The standard InChI is InChI=1S/C12H23N3O/c1-9-11(3-6-13-9)12(16)14-10-4-7-15(2)8-5-10/h9-11,13H,3-8H2,1-2H3,(H,14,16). The van der Waals surface area contributed by atoms with Crippen LogP contribution in [0.15, 0.2) is 0 Å². The van der Waals surface area contributed by atoms with Crippen LogP contribution in [0.1, 0.15) is 26.2 Å². The number of amides is 1. The number of hydrogen-bond donors (Lipinski definition) is 2. The van der Waals surface area contributed by atoms with Gasteiger partial charge in [-0.1, -0.05) is 0 Å². The molecule has 0 aromatic carbocycles. The van der Waals surface area contributed by atoms with Crippen molar-refractivity contribution < 1.29 is 4.79 Å². The first-order valence-electron chi connectivity index (χ1n) is 6.39. The van der Waals surface area contributed by atoms with Gasteiger partial charge in [0.1, 0.15) is 0 Å². The highest BCUT2D eigenvalue weighted by Crippen LogP contribution is 2.16. The van der Waals surface area contributed by atoms with E-state index in [1.165, 1.54) is 0 Å². The fourth-order valence-corrected chi connectivity index (χ4v) is 2.68. The Morgan fingerprint density at radius 1 is 1.31 bits per heavy atom. The zero-order chi connectivity index (χ0) is 11.5. The van der Waals surface area contributed by atoms with Gasteiger partial charge in [0.2, 0.25) is 5.91 Å². The summed E-state index contributed by atoms with van der Waals surface area (Å²) in [6.07, 6.45) is 3.17. The first kappa shape index (κ1) is 11.9. The number of carbonyl (C=O) groups is 1. The third kappa shape index (κ3) is 2.74. The van der Waals surface area contributed by atoms with Gasteiger partial charge in [0.05, 0.1) is 5.92 Å². The van der Waals surface area contributed by atoms with Crippen LogP contribution >= 0.6 is 0 Å². The zero-order valence-corrected chi connectivity index (χ0v) is 10.3. The van der Waals surface area contributed by atoms with Crippen LogP contribution in [0.3, 0.4) is 0 Å². The molecule has 0 aromatic rings. The Bertz CT molecular complexity index is 249. The molecule has 4 heteroatoms. The van der Waals surface area contributed by atoms with Gasteiger partial charge in [0, 0.05) is 12.1 Å². The van der Waals surface area contributed by atoms with Crippen molar-refractivity contribution in [3.63, 3.8) is 0 Å². The smallest absolute Gasteiger partial charge is 0.224 e. The highest BCUT2D eigenvalue weighted by atomic mass is 16.2. The van der Waals surface area contributed by atoms with Crippen molar-refractivity contribution >= 4 is 5.91 Å². The zero-order valence-electron chi connectivity index (χ0n) is 10.3. The number of nitrogens with zero attached hydrogens (tertiary/aromatic N) is 1. The molecule has 2 N–H and O–H groups in total. The molecule has 2 rings (SSSR count). The minimum atomic E-state index is 0.180. The molecule has 2 atom stereocenters. The molecule has 0 bridgehead atoms. The van der Waals surface area contributed by atoms with Gasteiger partial charge < -0.3 is 15.5 Å². The summed E-state index contributed by atoms with van der Waals surface area (Å²) in [6.45, 7) is 5.28. The highest BCUT2D eigenvalue weighted by molar-refractivity contribution is 5.80. The first-order valence-corrected chi connectivity index (χ1v) is 6.39. The second-order valence-corrected chi connectivity index (χ2v) is 5.22. The fraction of sp³-hybridized carbons (Fsp3) is 0.917. The van der Waals surface area contributed by atoms with E-state index in [9.17, 15) is 4.79 Å². The quantitative estimate of drug-likeness (QED) is 0.705. The van der Waals surface area contributed by atoms with E-state index in [4.69, 9.17) is 0 Å². The lowest BCUT2D eigenvalue weighted by atomic mass is 9.99. The molecule has 92 valence electrons. The number of piperidine rings is 1. The summed E-state index contributed by atoms with van der Waals surface area (Å²) in [6, 6.07) is 0.739. The molecule has 2 fully saturated rings. The maximum absolute atomic E-state index is 12.0. The molecule has 0 saturated carbocycles. The lowest BCUT2D eigenvalue weighted by Gasteiger charge is -2.30. The van der Waals surface area contributed by atoms with Gasteiger partial charge in [-0.15, -0.1) is 0 Å². The average molecular weight is 225 g/mol. The van der Waals surface area contributed by atoms with Crippen molar-refractivity contribution in [3.8, 4) is 0 Å². The number of nitrogens with one attached hydrogen (secondary N) is 2. The van der Waals surface area contributed by atoms with Crippen molar-refractivity contribution in [2.45, 2.75) is 38.3 Å². The van der Waals surface area contributed by atoms with E-state index in [0.29, 0.717) is 12.1 Å². The normalized spacial score (nSPS) is 32.9. The molecule has 16 heavy (non-hydrogen) atoms. The average Bonchev–Trinajstić information content (AvgIpc) is 2.68. The third-order valence-electron chi connectivity index (χ3n) is 3.93. The van der Waals surface area contributed by atoms with Crippen LogP contribution in [0.5, 0.6) is 0 Å². The van der Waals surface area contributed by atoms with Crippen molar-refractivity contribution in [1.82, 2.24) is 15.5 Å². The Morgan fingerprint density at radius 3 is 2.56 bits per heavy atom. The molecule has 0 radical (unpaired) electrons. The molecular weight excluding hydrogens is 202 g/mol. The Kier molecular flexibility index (Phi) is 3.82. The van der Waals surface area contributed by atoms with E-state index in [0.717, 1.165) is 38.9 Å². The molecule has 0 spiro atoms. The van der Waals surface area contributed by atoms with Crippen molar-refractivity contribution in [1.29, 1.82) is 0 Å². The summed E-state index contributed by atoms with van der Waals surface area (Å²) in [5.74, 6) is 0.437. The molecule has 2 heterocycles. The van der Waals surface area contributed by atoms with E-state index < -0.39 is 0 Å². The minimum absolute atomic E-state index is 0.180. The lowest BCUT2D eigenvalue weighted by molar-refractivity contribution is -0.126. The van der Waals surface area contributed by atoms with Crippen LogP contribution in [-0.2, 0) is 4.79 Å². The van der Waals surface area contributed by atoms with Crippen LogP contribution in [-0.4, -0.2) is 49.6 Å². The van der Waals surface area contributed by atoms with Crippen LogP contribution < -0.4 is 10.6 Å². The summed E-state index contributed by atoms with van der Waals surface area (Å²) in [5.41, 5.74) is 0. The molecule has 1 amide bonds. The van der Waals surface area contributed by atoms with Gasteiger partial charge >= 0.3 is 0 Å². The molecule has 2 aliphatic rings. The molecule has 2 unspecified atom stereocenters. The third-order valence-corrected chi connectivity index (χ3v) is 3.93. The Labute approximate surface area is 97.8 Å². The topological polar surface area (TPSA) is 44.4 Å². The minimum Gasteiger partial charge on any atom is -0.353 e. The second-order valence-electron chi connectivity index (χ2n) is 5.22. The molecule has 2 saturated heterocycles. The Balaban J connectivity index is 1.78. The van der Waals surface area contributed by atoms with E-state index in [1.807, 2.05) is 0 Å². The lowest BCUT2D eigenvalue weighted by Crippen LogP contribution is -2.46. The van der Waals surface area contributed by atoms with Gasteiger partial charge in [-0.25, -0.2) is 0 Å². The summed E-state index contributed by atoms with van der Waals surface area (Å²) in [4.78, 5) is 14.4. The maximum atomic E-state index is 12.0. The molecule has 0 aliphatic carbocycles. The van der Waals surface area contributed by atoms with E-state index in [-0.39, 0.29) is 11.8 Å². The van der Waals surface area contributed by atoms with Crippen molar-refractivity contribution in [2.75, 3.05) is 26.7 Å². The van der Waals surface area contributed by atoms with Crippen molar-refractivity contribution in [2.24, 2.45) is 5.92 Å². The van der Waals surface area contributed by atoms with Gasteiger partial charge in [0.15, 0.2) is 0 Å². The first-order chi connectivity index (χ1) is 7.66. The monoisotopic (exact) mass is 225 g/mol. The van der Waals surface area contributed by atoms with Gasteiger partial charge in [-0.05, 0) is 52.9 Å². The van der Waals surface area contributed by atoms with E-state index in [1.54, 1.807) is 0 Å². The molecule has 2 aliphatic heterocycles. The summed E-state index contributed by atoms with van der Waals surface area (Å²) >= 11 is 0. The predicted octanol–water partition coefficient (Wildman–Crippen LogP) is 0.195. The van der Waals surface area contributed by atoms with Crippen LogP contribution in [0.25, 0.3) is 0 Å². The van der Waals surface area contributed by atoms with Crippen LogP contribution in [0, 0.1) is 5.92 Å². The highest BCUT2D eigenvalue weighted by Gasteiger charge is 2.30. The Hall–Kier alpha value is -0.610. The number of likely N-dealkylation sites (tertiary alicyclic amines) is 1. The number of rotatable bonds is 2. The SMILES string of the molecule is CC1NCCC1C(=O)NC1CCN(C)CC1. The van der Waals surface area contributed by atoms with Crippen LogP contribution in [0.2, 0.25) is 0 Å². The van der Waals surface area contributed by atoms with Gasteiger partial charge in [-0.2, -0.15) is 0 Å². The van der Waals surface area contributed by atoms with Gasteiger partial charge in [0.25, 0.3) is 0 Å². The summed E-state index contributed by atoms with van der Waals surface area (Å²) in [5, 5.41) is 6.53. The Morgan fingerprint density at radius 2 is 2.00 bits per heavy atom. The summed E-state index contributed by atoms with van der Waals surface area (Å²) in [7, 11) is 2.14. The number of carbonyl (C=O) groups excluding carboxylic acids is 1. The summed E-state index contributed by atoms with van der Waals surface area (Å²) < 4.78 is 0. The van der Waals surface area contributed by atoms with Crippen molar-refractivity contribution in [3.05, 3.63) is 0 Å². The second kappa shape index (κ2) is 5.15. The van der Waals surface area contributed by atoms with Gasteiger partial charge in [-0.3, -0.25) is 4.79 Å². The molecule has 4 nitrogen and oxygen atoms in total. The van der Waals surface area contributed by atoms with Crippen LogP contribution in [0.4, 0.5) is 0 Å². The molecule has 0 aromatic heterocycles. The number of hydrogen-bond acceptors (Lipinski definition) is 3. The van der Waals surface area contributed by atoms with E-state index >= 15 is 0 Å².